The molecule has 4 atom stereocenters. The van der Waals surface area contributed by atoms with Gasteiger partial charge in [0.05, 0.1) is 12.0 Å². The van der Waals surface area contributed by atoms with Gasteiger partial charge in [0.2, 0.25) is 11.4 Å². The van der Waals surface area contributed by atoms with Crippen molar-refractivity contribution >= 4 is 23.5 Å². The van der Waals surface area contributed by atoms with Crippen LogP contribution in [0.1, 0.15) is 26.2 Å². The van der Waals surface area contributed by atoms with Crippen molar-refractivity contribution in [1.82, 2.24) is 5.32 Å². The molecule has 21 heavy (non-hydrogen) atoms. The van der Waals surface area contributed by atoms with E-state index in [9.17, 15) is 27.9 Å². The predicted molar refractivity (Wildman–Crippen MR) is 65.5 cm³/mol. The van der Waals surface area contributed by atoms with Gasteiger partial charge in [0.1, 0.15) is 0 Å². The number of hydrogen-bond donors (Lipinski definition) is 2. The van der Waals surface area contributed by atoms with Crippen LogP contribution in [0.25, 0.3) is 0 Å². The van der Waals surface area contributed by atoms with E-state index in [1.165, 1.54) is 6.92 Å². The molecule has 2 N–H and O–H groups in total. The number of rotatable bonds is 5. The number of ether oxygens (including phenoxy) is 1. The molecule has 120 valence electrons. The third-order valence-electron chi connectivity index (χ3n) is 4.31. The van der Waals surface area contributed by atoms with Crippen molar-refractivity contribution in [2.24, 2.45) is 5.92 Å². The summed E-state index contributed by atoms with van der Waals surface area (Å²) in [4.78, 5) is 23.7. The predicted octanol–water partition coefficient (Wildman–Crippen LogP) is 1.12. The number of amides is 1. The average Bonchev–Trinajstić information content (AvgIpc) is 2.53. The van der Waals surface area contributed by atoms with E-state index in [0.717, 1.165) is 0 Å². The molecule has 0 bridgehead atoms. The zero-order valence-corrected chi connectivity index (χ0v) is 11.9. The molecular formula is C12H15ClF3NO4. The van der Waals surface area contributed by atoms with Crippen LogP contribution in [0.15, 0.2) is 0 Å². The van der Waals surface area contributed by atoms with Gasteiger partial charge in [0.15, 0.2) is 5.60 Å². The summed E-state index contributed by atoms with van der Waals surface area (Å²) in [7, 11) is 0. The summed E-state index contributed by atoms with van der Waals surface area (Å²) in [6, 6.07) is 0. The van der Waals surface area contributed by atoms with Crippen molar-refractivity contribution in [3.05, 3.63) is 0 Å². The summed E-state index contributed by atoms with van der Waals surface area (Å²) < 4.78 is 41.9. The molecule has 0 aliphatic carbocycles. The number of nitrogens with one attached hydrogen (secondary N) is 1. The Balaban J connectivity index is 2.23. The highest BCUT2D eigenvalue weighted by atomic mass is 35.5. The standard InChI is InChI=1S/C12H15ClF3NO4/c1-10-6(3-5-13)8(19)17-12(10,9(20)21-10)7(18)2-4-11(14,15)16/h6-7,18H,2-5H2,1H3,(H,17,19)/t6-,7-,10-,12-/m0/s1. The third-order valence-corrected chi connectivity index (χ3v) is 4.53. The molecule has 0 aromatic carbocycles. The first-order valence-corrected chi connectivity index (χ1v) is 6.98. The molecule has 0 aromatic rings. The lowest BCUT2D eigenvalue weighted by molar-refractivity contribution is -0.237. The SMILES string of the molecule is C[C@@]12OC(=O)[C@]1([C@@H](O)CCC(F)(F)F)NC(=O)[C@@H]2CCCl. The maximum atomic E-state index is 12.3. The van der Waals surface area contributed by atoms with Gasteiger partial charge in [-0.05, 0) is 19.8 Å². The Morgan fingerprint density at radius 1 is 1.48 bits per heavy atom. The number of aliphatic hydroxyl groups is 1. The van der Waals surface area contributed by atoms with Gasteiger partial charge in [0.25, 0.3) is 0 Å². The zero-order chi connectivity index (χ0) is 16.1. The molecule has 0 aromatic heterocycles. The van der Waals surface area contributed by atoms with Crippen LogP contribution >= 0.6 is 11.6 Å². The largest absolute Gasteiger partial charge is 0.453 e. The number of fused-ring (bicyclic) bond motifs is 1. The highest BCUT2D eigenvalue weighted by Gasteiger charge is 2.78. The molecule has 9 heteroatoms. The first-order valence-electron chi connectivity index (χ1n) is 6.44. The fourth-order valence-electron chi connectivity index (χ4n) is 3.15. The Labute approximate surface area is 123 Å². The summed E-state index contributed by atoms with van der Waals surface area (Å²) in [5.74, 6) is -2.12. The highest BCUT2D eigenvalue weighted by molar-refractivity contribution is 6.18. The number of halogens is 4. The highest BCUT2D eigenvalue weighted by Crippen LogP contribution is 2.52. The smallest absolute Gasteiger partial charge is 0.389 e. The average molecular weight is 330 g/mol. The quantitative estimate of drug-likeness (QED) is 0.585. The first-order chi connectivity index (χ1) is 9.58. The fourth-order valence-corrected chi connectivity index (χ4v) is 3.36. The Morgan fingerprint density at radius 3 is 2.57 bits per heavy atom. The van der Waals surface area contributed by atoms with Crippen molar-refractivity contribution in [2.75, 3.05) is 5.88 Å². The number of esters is 1. The van der Waals surface area contributed by atoms with Crippen molar-refractivity contribution in [1.29, 1.82) is 0 Å². The van der Waals surface area contributed by atoms with E-state index in [1.54, 1.807) is 0 Å². The minimum atomic E-state index is -4.46. The van der Waals surface area contributed by atoms with Gasteiger partial charge in [-0.15, -0.1) is 11.6 Å². The molecule has 1 amide bonds. The first kappa shape index (κ1) is 16.4. The van der Waals surface area contributed by atoms with Crippen molar-refractivity contribution < 1.29 is 32.6 Å². The van der Waals surface area contributed by atoms with Gasteiger partial charge in [-0.1, -0.05) is 0 Å². The molecule has 2 aliphatic rings. The molecule has 5 nitrogen and oxygen atoms in total. The monoisotopic (exact) mass is 329 g/mol. The van der Waals surface area contributed by atoms with Crippen LogP contribution < -0.4 is 5.32 Å². The van der Waals surface area contributed by atoms with Crippen LogP contribution in [0.2, 0.25) is 0 Å². The van der Waals surface area contributed by atoms with Crippen LogP contribution in [0.4, 0.5) is 13.2 Å². The number of aliphatic hydroxyl groups excluding tert-OH is 1. The molecule has 2 fully saturated rings. The number of carbonyl (C=O) groups is 2. The number of alkyl halides is 4. The Morgan fingerprint density at radius 2 is 2.10 bits per heavy atom. The lowest BCUT2D eigenvalue weighted by atomic mass is 9.67. The minimum Gasteiger partial charge on any atom is -0.453 e. The molecule has 2 heterocycles. The normalized spacial score (nSPS) is 36.6. The summed E-state index contributed by atoms with van der Waals surface area (Å²) >= 11 is 5.60. The molecule has 0 unspecified atom stereocenters. The van der Waals surface area contributed by atoms with E-state index in [-0.39, 0.29) is 12.3 Å². The Kier molecular flexibility index (Phi) is 3.90. The summed E-state index contributed by atoms with van der Waals surface area (Å²) in [5, 5.41) is 12.4. The van der Waals surface area contributed by atoms with Gasteiger partial charge in [-0.3, -0.25) is 4.79 Å². The Bertz CT molecular complexity index is 472. The van der Waals surface area contributed by atoms with E-state index < -0.39 is 54.1 Å². The molecule has 2 aliphatic heterocycles. The lowest BCUT2D eigenvalue weighted by Crippen LogP contribution is -2.79. The third kappa shape index (κ3) is 2.28. The van der Waals surface area contributed by atoms with Crippen LogP contribution in [0.3, 0.4) is 0 Å². The molecule has 2 saturated heterocycles. The summed E-state index contributed by atoms with van der Waals surface area (Å²) in [6.45, 7) is 1.43. The summed E-state index contributed by atoms with van der Waals surface area (Å²) in [6.07, 6.45) is -7.88. The van der Waals surface area contributed by atoms with Crippen LogP contribution in [-0.2, 0) is 14.3 Å². The fraction of sp³-hybridized carbons (Fsp3) is 0.833. The van der Waals surface area contributed by atoms with Crippen LogP contribution in [-0.4, -0.2) is 46.3 Å². The van der Waals surface area contributed by atoms with E-state index >= 15 is 0 Å². The second-order valence-corrected chi connectivity index (χ2v) is 5.87. The topological polar surface area (TPSA) is 75.6 Å². The van der Waals surface area contributed by atoms with Crippen LogP contribution in [0, 0.1) is 5.92 Å². The van der Waals surface area contributed by atoms with E-state index in [0.29, 0.717) is 0 Å². The molecule has 2 rings (SSSR count). The van der Waals surface area contributed by atoms with E-state index in [1.807, 2.05) is 0 Å². The van der Waals surface area contributed by atoms with Crippen molar-refractivity contribution in [3.63, 3.8) is 0 Å². The van der Waals surface area contributed by atoms with Crippen LogP contribution in [0.5, 0.6) is 0 Å². The number of carbonyl (C=O) groups excluding carboxylic acids is 2. The van der Waals surface area contributed by atoms with Gasteiger partial charge >= 0.3 is 12.1 Å². The molecule has 0 spiro atoms. The maximum absolute atomic E-state index is 12.3. The van der Waals surface area contributed by atoms with Gasteiger partial charge in [-0.25, -0.2) is 4.79 Å². The van der Waals surface area contributed by atoms with Crippen molar-refractivity contribution in [2.45, 2.75) is 49.6 Å². The van der Waals surface area contributed by atoms with Gasteiger partial charge in [-0.2, -0.15) is 13.2 Å². The second-order valence-electron chi connectivity index (χ2n) is 5.49. The van der Waals surface area contributed by atoms with E-state index in [2.05, 4.69) is 5.32 Å². The van der Waals surface area contributed by atoms with Crippen molar-refractivity contribution in [3.8, 4) is 0 Å². The molecule has 0 radical (unpaired) electrons. The lowest BCUT2D eigenvalue weighted by Gasteiger charge is -2.53. The second kappa shape index (κ2) is 5.01. The Hall–Kier alpha value is -1.02. The zero-order valence-electron chi connectivity index (χ0n) is 11.2. The molecule has 0 saturated carbocycles. The van der Waals surface area contributed by atoms with Gasteiger partial charge < -0.3 is 15.2 Å². The van der Waals surface area contributed by atoms with Gasteiger partial charge in [0, 0.05) is 12.3 Å². The molecular weight excluding hydrogens is 315 g/mol. The maximum Gasteiger partial charge on any atom is 0.389 e. The summed E-state index contributed by atoms with van der Waals surface area (Å²) in [5.41, 5.74) is -3.19. The minimum absolute atomic E-state index is 0.125. The van der Waals surface area contributed by atoms with E-state index in [4.69, 9.17) is 16.3 Å². The number of hydrogen-bond acceptors (Lipinski definition) is 4.